The average molecular weight is 198 g/mol. The van der Waals surface area contributed by atoms with E-state index in [9.17, 15) is 0 Å². The van der Waals surface area contributed by atoms with E-state index in [-0.39, 0.29) is 22.8 Å². The van der Waals surface area contributed by atoms with Gasteiger partial charge in [0.05, 0.1) is 0 Å². The number of hydrogen-bond acceptors (Lipinski definition) is 8. The van der Waals surface area contributed by atoms with Gasteiger partial charge in [0.2, 0.25) is 11.6 Å². The number of hydrogen-bond donors (Lipinski definition) is 3. The van der Waals surface area contributed by atoms with Crippen molar-refractivity contribution < 1.29 is 5.48 Å². The maximum absolute atomic E-state index is 5.10. The molecule has 2 aromatic rings. The Morgan fingerprint density at radius 2 is 1.57 bits per heavy atom. The second-order valence-corrected chi connectivity index (χ2v) is 1.95. The monoisotopic (exact) mass is 198 g/mol. The van der Waals surface area contributed by atoms with E-state index < -0.39 is 0 Å². The molecule has 0 aliphatic heterocycles. The van der Waals surface area contributed by atoms with Crippen LogP contribution in [0.5, 0.6) is 0 Å². The van der Waals surface area contributed by atoms with Gasteiger partial charge < -0.3 is 11.3 Å². The molecule has 0 atom stereocenters. The molecular weight excluding hydrogens is 192 g/mol. The van der Waals surface area contributed by atoms with Crippen molar-refractivity contribution in [2.75, 3.05) is 0 Å². The van der Waals surface area contributed by atoms with Gasteiger partial charge in [-0.05, 0) is 10.4 Å². The lowest BCUT2D eigenvalue weighted by molar-refractivity contribution is 0.824. The molecule has 0 aliphatic rings. The van der Waals surface area contributed by atoms with Crippen LogP contribution in [-0.4, -0.2) is 52.4 Å². The third kappa shape index (κ3) is 1.51. The third-order valence-corrected chi connectivity index (χ3v) is 1.24. The summed E-state index contributed by atoms with van der Waals surface area (Å²) in [7, 11) is 0. The second-order valence-electron chi connectivity index (χ2n) is 1.95. The minimum Gasteiger partial charge on any atom is -0.412 e. The highest BCUT2D eigenvalue weighted by atomic mass is 16.0. The summed E-state index contributed by atoms with van der Waals surface area (Å²) in [6.45, 7) is 0. The first kappa shape index (κ1) is 9.66. The molecule has 74 valence electrons. The number of tetrazole rings is 2. The van der Waals surface area contributed by atoms with E-state index in [1.54, 1.807) is 0 Å². The standard InChI is InChI=1S/C3H4N10.H2O/c4-5-1(2-6-10-11-7-2)3-8-12-13-9-3;/h4H2,(H,6,7,10,11)(H,8,9,12,13);1H2. The first-order chi connectivity index (χ1) is 6.42. The number of H-pyrrole nitrogens is 2. The van der Waals surface area contributed by atoms with E-state index in [2.05, 4.69) is 46.3 Å². The maximum atomic E-state index is 5.10. The SMILES string of the molecule is NN=C(c1nn[nH]n1)c1nn[nH]n1.O. The number of nitrogens with two attached hydrogens (primary N) is 1. The highest BCUT2D eigenvalue weighted by Gasteiger charge is 2.15. The Hall–Kier alpha value is -2.43. The smallest absolute Gasteiger partial charge is 0.228 e. The van der Waals surface area contributed by atoms with Gasteiger partial charge >= 0.3 is 0 Å². The number of aromatic amines is 2. The maximum Gasteiger partial charge on any atom is 0.228 e. The normalized spacial score (nSPS) is 9.14. The lowest BCUT2D eigenvalue weighted by Gasteiger charge is -1.89. The van der Waals surface area contributed by atoms with E-state index >= 15 is 0 Å². The molecule has 2 rings (SSSR count). The summed E-state index contributed by atoms with van der Waals surface area (Å²) >= 11 is 0. The quantitative estimate of drug-likeness (QED) is 0.255. The molecular formula is C3H6N10O. The molecule has 0 fully saturated rings. The van der Waals surface area contributed by atoms with Crippen molar-refractivity contribution in [3.63, 3.8) is 0 Å². The Morgan fingerprint density at radius 1 is 1.07 bits per heavy atom. The lowest BCUT2D eigenvalue weighted by atomic mass is 10.3. The van der Waals surface area contributed by atoms with Crippen molar-refractivity contribution in [3.8, 4) is 0 Å². The predicted molar refractivity (Wildman–Crippen MR) is 41.8 cm³/mol. The molecule has 2 heterocycles. The fraction of sp³-hybridized carbons (Fsp3) is 0. The van der Waals surface area contributed by atoms with Crippen molar-refractivity contribution >= 4 is 5.71 Å². The Kier molecular flexibility index (Phi) is 2.75. The van der Waals surface area contributed by atoms with Gasteiger partial charge in [0.1, 0.15) is 0 Å². The topological polar surface area (TPSA) is 179 Å². The number of nitrogens with one attached hydrogen (secondary N) is 2. The van der Waals surface area contributed by atoms with Gasteiger partial charge in [0.15, 0.2) is 5.71 Å². The first-order valence-electron chi connectivity index (χ1n) is 3.17. The summed E-state index contributed by atoms with van der Waals surface area (Å²) in [4.78, 5) is 0. The highest BCUT2D eigenvalue weighted by Crippen LogP contribution is 1.95. The summed E-state index contributed by atoms with van der Waals surface area (Å²) in [6, 6.07) is 0. The van der Waals surface area contributed by atoms with Crippen LogP contribution in [0.2, 0.25) is 0 Å². The first-order valence-corrected chi connectivity index (χ1v) is 3.17. The van der Waals surface area contributed by atoms with Gasteiger partial charge in [-0.2, -0.15) is 15.5 Å². The van der Waals surface area contributed by atoms with Crippen molar-refractivity contribution in [2.45, 2.75) is 0 Å². The molecule has 0 amide bonds. The summed E-state index contributed by atoms with van der Waals surface area (Å²) in [5.41, 5.74) is 0.211. The summed E-state index contributed by atoms with van der Waals surface area (Å²) < 4.78 is 0. The van der Waals surface area contributed by atoms with E-state index in [1.807, 2.05) is 0 Å². The predicted octanol–water partition coefficient (Wildman–Crippen LogP) is -3.40. The van der Waals surface area contributed by atoms with Gasteiger partial charge in [0.25, 0.3) is 0 Å². The van der Waals surface area contributed by atoms with Gasteiger partial charge in [-0.25, -0.2) is 0 Å². The van der Waals surface area contributed by atoms with E-state index in [0.29, 0.717) is 0 Å². The zero-order valence-corrected chi connectivity index (χ0v) is 6.71. The molecule has 0 bridgehead atoms. The van der Waals surface area contributed by atoms with E-state index in [1.165, 1.54) is 0 Å². The van der Waals surface area contributed by atoms with Crippen molar-refractivity contribution in [1.82, 2.24) is 41.2 Å². The molecule has 0 spiro atoms. The molecule has 11 heteroatoms. The minimum atomic E-state index is 0. The fourth-order valence-corrected chi connectivity index (χ4v) is 0.740. The van der Waals surface area contributed by atoms with Crippen LogP contribution in [0.1, 0.15) is 11.6 Å². The van der Waals surface area contributed by atoms with Gasteiger partial charge in [0, 0.05) is 0 Å². The Morgan fingerprint density at radius 3 is 1.86 bits per heavy atom. The molecule has 0 saturated carbocycles. The largest absolute Gasteiger partial charge is 0.412 e. The second kappa shape index (κ2) is 3.99. The van der Waals surface area contributed by atoms with E-state index in [4.69, 9.17) is 5.84 Å². The Labute approximate surface area is 76.1 Å². The van der Waals surface area contributed by atoms with Gasteiger partial charge in [-0.15, -0.1) is 20.4 Å². The fourth-order valence-electron chi connectivity index (χ4n) is 0.740. The van der Waals surface area contributed by atoms with Crippen LogP contribution in [0.15, 0.2) is 5.10 Å². The minimum absolute atomic E-state index is 0. The number of nitrogens with zero attached hydrogens (tertiary/aromatic N) is 7. The van der Waals surface area contributed by atoms with Crippen molar-refractivity contribution in [1.29, 1.82) is 0 Å². The molecule has 0 saturated heterocycles. The molecule has 0 unspecified atom stereocenters. The molecule has 0 radical (unpaired) electrons. The van der Waals surface area contributed by atoms with Crippen molar-refractivity contribution in [2.24, 2.45) is 10.9 Å². The zero-order valence-electron chi connectivity index (χ0n) is 6.71. The summed E-state index contributed by atoms with van der Waals surface area (Å²) in [6.07, 6.45) is 0. The van der Waals surface area contributed by atoms with Gasteiger partial charge in [-0.1, -0.05) is 0 Å². The molecule has 0 aliphatic carbocycles. The molecule has 11 nitrogen and oxygen atoms in total. The Bertz CT molecular complexity index is 351. The number of aromatic nitrogens is 8. The van der Waals surface area contributed by atoms with Crippen LogP contribution >= 0.6 is 0 Å². The van der Waals surface area contributed by atoms with Crippen LogP contribution in [0, 0.1) is 0 Å². The van der Waals surface area contributed by atoms with Crippen LogP contribution in [0.25, 0.3) is 0 Å². The summed E-state index contributed by atoms with van der Waals surface area (Å²) in [5, 5.41) is 29.3. The molecule has 2 aromatic heterocycles. The highest BCUT2D eigenvalue weighted by molar-refractivity contribution is 6.07. The Balaban J connectivity index is 0.000000980. The van der Waals surface area contributed by atoms with Crippen LogP contribution in [0.3, 0.4) is 0 Å². The number of rotatable bonds is 2. The molecule has 14 heavy (non-hydrogen) atoms. The third-order valence-electron chi connectivity index (χ3n) is 1.24. The van der Waals surface area contributed by atoms with E-state index in [0.717, 1.165) is 0 Å². The van der Waals surface area contributed by atoms with Crippen molar-refractivity contribution in [3.05, 3.63) is 11.6 Å². The average Bonchev–Trinajstić information content (AvgIpc) is 2.76. The van der Waals surface area contributed by atoms with Crippen LogP contribution in [-0.2, 0) is 0 Å². The molecule has 0 aromatic carbocycles. The summed E-state index contributed by atoms with van der Waals surface area (Å²) in [5.74, 6) is 5.52. The lowest BCUT2D eigenvalue weighted by Crippen LogP contribution is -2.10. The zero-order chi connectivity index (χ0) is 9.10. The van der Waals surface area contributed by atoms with Crippen LogP contribution < -0.4 is 5.84 Å². The van der Waals surface area contributed by atoms with Gasteiger partial charge in [-0.3, -0.25) is 0 Å². The van der Waals surface area contributed by atoms with Crippen LogP contribution in [0.4, 0.5) is 0 Å². The molecule has 6 N–H and O–H groups in total. The number of hydrazone groups is 1.